The van der Waals surface area contributed by atoms with E-state index in [1.54, 1.807) is 42.5 Å². The van der Waals surface area contributed by atoms with Crippen LogP contribution in [0.2, 0.25) is 5.02 Å². The first-order chi connectivity index (χ1) is 12.3. The fraction of sp³-hybridized carbons (Fsp3) is 0.176. The molecule has 0 aliphatic heterocycles. The van der Waals surface area contributed by atoms with E-state index in [1.807, 2.05) is 0 Å². The lowest BCUT2D eigenvalue weighted by atomic mass is 10.2. The number of amides is 1. The summed E-state index contributed by atoms with van der Waals surface area (Å²) in [6.45, 7) is -0.418. The summed E-state index contributed by atoms with van der Waals surface area (Å²) in [5, 5.41) is 4.36. The van der Waals surface area contributed by atoms with Crippen LogP contribution in [0.3, 0.4) is 0 Å². The Labute approximate surface area is 157 Å². The second-order valence-corrected chi connectivity index (χ2v) is 7.66. The van der Waals surface area contributed by atoms with Gasteiger partial charge in [0.25, 0.3) is 5.91 Å². The fourth-order valence-corrected chi connectivity index (χ4v) is 3.14. The van der Waals surface area contributed by atoms with E-state index in [2.05, 4.69) is 10.5 Å². The number of ether oxygens (including phenoxy) is 1. The van der Waals surface area contributed by atoms with Gasteiger partial charge in [-0.15, -0.1) is 0 Å². The molecule has 2 aromatic carbocycles. The first kappa shape index (κ1) is 19.7. The predicted octanol–water partition coefficient (Wildman–Crippen LogP) is 2.26. The number of anilines is 1. The first-order valence-electron chi connectivity index (χ1n) is 7.49. The van der Waals surface area contributed by atoms with Crippen LogP contribution in [0.25, 0.3) is 0 Å². The van der Waals surface area contributed by atoms with Crippen LogP contribution in [0.15, 0.2) is 53.6 Å². The van der Waals surface area contributed by atoms with E-state index in [4.69, 9.17) is 16.3 Å². The van der Waals surface area contributed by atoms with E-state index >= 15 is 0 Å². The van der Waals surface area contributed by atoms with Crippen LogP contribution >= 0.6 is 11.6 Å². The maximum Gasteiger partial charge on any atom is 0.260 e. The Morgan fingerprint density at radius 1 is 1.27 bits per heavy atom. The summed E-state index contributed by atoms with van der Waals surface area (Å²) in [5.41, 5.74) is 3.32. The molecule has 0 unspecified atom stereocenters. The molecule has 0 aliphatic rings. The van der Waals surface area contributed by atoms with Crippen LogP contribution in [0.5, 0.6) is 5.75 Å². The number of methoxy groups -OCH3 is 1. The molecule has 1 amide bonds. The van der Waals surface area contributed by atoms with Gasteiger partial charge in [0.15, 0.2) is 0 Å². The summed E-state index contributed by atoms with van der Waals surface area (Å²) in [5.74, 6) is -0.105. The Morgan fingerprint density at radius 2 is 2.00 bits per heavy atom. The normalized spacial score (nSPS) is 11.3. The van der Waals surface area contributed by atoms with Crippen molar-refractivity contribution in [1.29, 1.82) is 0 Å². The maximum absolute atomic E-state index is 12.1. The third kappa shape index (κ3) is 5.75. The Kier molecular flexibility index (Phi) is 6.59. The molecule has 0 saturated heterocycles. The molecule has 0 bridgehead atoms. The highest BCUT2D eigenvalue weighted by atomic mass is 35.5. The fourth-order valence-electron chi connectivity index (χ4n) is 2.10. The molecule has 0 radical (unpaired) electrons. The minimum Gasteiger partial charge on any atom is -0.497 e. The Hall–Kier alpha value is -2.58. The van der Waals surface area contributed by atoms with E-state index in [1.165, 1.54) is 19.4 Å². The first-order valence-corrected chi connectivity index (χ1v) is 9.71. The second kappa shape index (κ2) is 8.68. The highest BCUT2D eigenvalue weighted by Gasteiger charge is 2.21. The Morgan fingerprint density at radius 3 is 2.65 bits per heavy atom. The monoisotopic (exact) mass is 395 g/mol. The van der Waals surface area contributed by atoms with E-state index in [0.717, 1.165) is 10.6 Å². The Balaban J connectivity index is 2.09. The third-order valence-corrected chi connectivity index (χ3v) is 4.66. The van der Waals surface area contributed by atoms with Gasteiger partial charge in [-0.2, -0.15) is 5.10 Å². The van der Waals surface area contributed by atoms with Crippen molar-refractivity contribution in [2.45, 2.75) is 0 Å². The number of carbonyl (C=O) groups excluding carboxylic acids is 1. The number of halogens is 1. The third-order valence-electron chi connectivity index (χ3n) is 3.28. The average Bonchev–Trinajstić information content (AvgIpc) is 2.59. The van der Waals surface area contributed by atoms with Gasteiger partial charge < -0.3 is 4.74 Å². The van der Waals surface area contributed by atoms with E-state index < -0.39 is 22.5 Å². The van der Waals surface area contributed by atoms with Gasteiger partial charge in [-0.1, -0.05) is 29.8 Å². The number of sulfonamides is 1. The van der Waals surface area contributed by atoms with Gasteiger partial charge in [-0.25, -0.2) is 13.8 Å². The van der Waals surface area contributed by atoms with Gasteiger partial charge in [0.2, 0.25) is 10.0 Å². The lowest BCUT2D eigenvalue weighted by molar-refractivity contribution is -0.119. The zero-order valence-corrected chi connectivity index (χ0v) is 15.8. The summed E-state index contributed by atoms with van der Waals surface area (Å²) >= 11 is 5.87. The van der Waals surface area contributed by atoms with Crippen LogP contribution in [0.1, 0.15) is 5.56 Å². The number of benzene rings is 2. The van der Waals surface area contributed by atoms with Crippen molar-refractivity contribution in [3.8, 4) is 5.75 Å². The molecule has 0 saturated carbocycles. The van der Waals surface area contributed by atoms with Crippen LogP contribution in [-0.4, -0.2) is 40.4 Å². The molecule has 9 heteroatoms. The standard InChI is InChI=1S/C17H18ClN3O4S/c1-25-16-8-4-7-15(10-16)21(26(2,23)24)12-17(22)20-19-11-13-5-3-6-14(18)9-13/h3-11H,12H2,1-2H3,(H,20,22)/b19-11-. The summed E-state index contributed by atoms with van der Waals surface area (Å²) in [7, 11) is -2.20. The van der Waals surface area contributed by atoms with Crippen molar-refractivity contribution in [3.05, 3.63) is 59.1 Å². The summed E-state index contributed by atoms with van der Waals surface area (Å²) in [6.07, 6.45) is 2.44. The van der Waals surface area contributed by atoms with Crippen molar-refractivity contribution in [1.82, 2.24) is 5.43 Å². The summed E-state index contributed by atoms with van der Waals surface area (Å²) in [4.78, 5) is 12.1. The number of hydrogen-bond acceptors (Lipinski definition) is 5. The minimum absolute atomic E-state index is 0.320. The van der Waals surface area contributed by atoms with Crippen LogP contribution < -0.4 is 14.5 Å². The number of nitrogens with one attached hydrogen (secondary N) is 1. The maximum atomic E-state index is 12.1. The number of nitrogens with zero attached hydrogens (tertiary/aromatic N) is 2. The molecule has 2 aromatic rings. The molecule has 138 valence electrons. The number of hydrazone groups is 1. The molecule has 0 aliphatic carbocycles. The van der Waals surface area contributed by atoms with Gasteiger partial charge in [0.1, 0.15) is 12.3 Å². The molecule has 0 spiro atoms. The van der Waals surface area contributed by atoms with E-state index in [0.29, 0.717) is 22.0 Å². The van der Waals surface area contributed by atoms with Gasteiger partial charge in [0, 0.05) is 11.1 Å². The molecule has 0 heterocycles. The van der Waals surface area contributed by atoms with Crippen molar-refractivity contribution in [3.63, 3.8) is 0 Å². The van der Waals surface area contributed by atoms with Gasteiger partial charge in [-0.05, 0) is 29.8 Å². The predicted molar refractivity (Wildman–Crippen MR) is 102 cm³/mol. The molecule has 1 N–H and O–H groups in total. The average molecular weight is 396 g/mol. The highest BCUT2D eigenvalue weighted by molar-refractivity contribution is 7.92. The molecular weight excluding hydrogens is 378 g/mol. The molecule has 0 fully saturated rings. The molecular formula is C17H18ClN3O4S. The zero-order valence-electron chi connectivity index (χ0n) is 14.2. The van der Waals surface area contributed by atoms with Gasteiger partial charge in [0.05, 0.1) is 25.3 Å². The van der Waals surface area contributed by atoms with E-state index in [9.17, 15) is 13.2 Å². The molecule has 2 rings (SSSR count). The topological polar surface area (TPSA) is 88.1 Å². The molecule has 0 atom stereocenters. The van der Waals surface area contributed by atoms with Crippen LogP contribution in [0.4, 0.5) is 5.69 Å². The molecule has 26 heavy (non-hydrogen) atoms. The summed E-state index contributed by atoms with van der Waals surface area (Å²) in [6, 6.07) is 13.3. The van der Waals surface area contributed by atoms with Crippen molar-refractivity contribution >= 4 is 39.4 Å². The van der Waals surface area contributed by atoms with Gasteiger partial charge >= 0.3 is 0 Å². The molecule has 7 nitrogen and oxygen atoms in total. The van der Waals surface area contributed by atoms with Crippen molar-refractivity contribution in [2.75, 3.05) is 24.2 Å². The van der Waals surface area contributed by atoms with Crippen LogP contribution in [-0.2, 0) is 14.8 Å². The number of carbonyl (C=O) groups is 1. The quantitative estimate of drug-likeness (QED) is 0.575. The summed E-state index contributed by atoms with van der Waals surface area (Å²) < 4.78 is 30.2. The number of hydrogen-bond donors (Lipinski definition) is 1. The lowest BCUT2D eigenvalue weighted by Gasteiger charge is -2.21. The number of rotatable bonds is 7. The molecule has 0 aromatic heterocycles. The highest BCUT2D eigenvalue weighted by Crippen LogP contribution is 2.22. The van der Waals surface area contributed by atoms with Crippen molar-refractivity contribution < 1.29 is 17.9 Å². The van der Waals surface area contributed by atoms with Gasteiger partial charge in [-0.3, -0.25) is 9.10 Å². The zero-order chi connectivity index (χ0) is 19.2. The Bertz CT molecular complexity index is 916. The largest absolute Gasteiger partial charge is 0.497 e. The minimum atomic E-state index is -3.67. The SMILES string of the molecule is COc1cccc(N(CC(=O)N/N=C\c2cccc(Cl)c2)S(C)(=O)=O)c1. The lowest BCUT2D eigenvalue weighted by Crippen LogP contribution is -2.39. The van der Waals surface area contributed by atoms with E-state index in [-0.39, 0.29) is 0 Å². The smallest absolute Gasteiger partial charge is 0.260 e. The van der Waals surface area contributed by atoms with Crippen molar-refractivity contribution in [2.24, 2.45) is 5.10 Å². The second-order valence-electron chi connectivity index (χ2n) is 5.32. The van der Waals surface area contributed by atoms with Crippen LogP contribution in [0, 0.1) is 0 Å².